The summed E-state index contributed by atoms with van der Waals surface area (Å²) < 4.78 is 0. The fourth-order valence-corrected chi connectivity index (χ4v) is 4.17. The summed E-state index contributed by atoms with van der Waals surface area (Å²) in [5.74, 6) is -0.200. The van der Waals surface area contributed by atoms with Gasteiger partial charge in [-0.05, 0) is 88.4 Å². The van der Waals surface area contributed by atoms with Crippen LogP contribution in [0.15, 0.2) is 36.4 Å². The van der Waals surface area contributed by atoms with E-state index in [1.54, 1.807) is 46.8 Å². The molecule has 0 aliphatic rings. The average molecular weight is 456 g/mol. The first-order chi connectivity index (χ1) is 15.2. The zero-order chi connectivity index (χ0) is 25.1. The molecule has 7 nitrogen and oxygen atoms in total. The van der Waals surface area contributed by atoms with Crippen molar-refractivity contribution in [2.24, 2.45) is 5.73 Å². The summed E-state index contributed by atoms with van der Waals surface area (Å²) in [6, 6.07) is 10.1. The van der Waals surface area contributed by atoms with Gasteiger partial charge in [0.15, 0.2) is 0 Å². The molecule has 0 aromatic heterocycles. The Bertz CT molecular complexity index is 1000. The third kappa shape index (κ3) is 6.26. The summed E-state index contributed by atoms with van der Waals surface area (Å²) in [5.41, 5.74) is 8.83. The molecule has 0 saturated carbocycles. The van der Waals surface area contributed by atoms with Gasteiger partial charge < -0.3 is 21.3 Å². The Morgan fingerprint density at radius 3 is 2.09 bits per heavy atom. The number of aryl methyl sites for hydroxylation is 2. The smallest absolute Gasteiger partial charge is 0.408 e. The predicted octanol–water partition coefficient (Wildman–Crippen LogP) is 4.22. The lowest BCUT2D eigenvalue weighted by Crippen LogP contribution is -2.61. The Morgan fingerprint density at radius 2 is 1.61 bits per heavy atom. The van der Waals surface area contributed by atoms with E-state index in [4.69, 9.17) is 5.73 Å². The Balaban J connectivity index is 2.63. The summed E-state index contributed by atoms with van der Waals surface area (Å²) in [6.07, 6.45) is -0.978. The number of phenols is 1. The lowest BCUT2D eigenvalue weighted by atomic mass is 9.88. The third-order valence-corrected chi connectivity index (χ3v) is 5.73. The van der Waals surface area contributed by atoms with Crippen molar-refractivity contribution < 1.29 is 19.8 Å². The predicted molar refractivity (Wildman–Crippen MR) is 131 cm³/mol. The molecule has 2 aromatic rings. The average Bonchev–Trinajstić information content (AvgIpc) is 2.66. The molecule has 180 valence electrons. The van der Waals surface area contributed by atoms with E-state index in [0.29, 0.717) is 0 Å². The molecule has 0 unspecified atom stereocenters. The summed E-state index contributed by atoms with van der Waals surface area (Å²) in [6.45, 7) is 13.0. The van der Waals surface area contributed by atoms with Crippen LogP contribution in [0, 0.1) is 13.8 Å². The van der Waals surface area contributed by atoms with Crippen LogP contribution in [-0.4, -0.2) is 50.8 Å². The summed E-state index contributed by atoms with van der Waals surface area (Å²) in [7, 11) is 0. The number of nitrogens with zero attached hydrogens (tertiary/aromatic N) is 1. The monoisotopic (exact) mass is 455 g/mol. The first kappa shape index (κ1) is 26.2. The quantitative estimate of drug-likeness (QED) is 0.499. The van der Waals surface area contributed by atoms with E-state index in [0.717, 1.165) is 27.8 Å². The van der Waals surface area contributed by atoms with Crippen LogP contribution in [0.1, 0.15) is 51.3 Å². The molecule has 0 aliphatic carbocycles. The maximum atomic E-state index is 13.4. The highest BCUT2D eigenvalue weighted by molar-refractivity contribution is 5.87. The normalized spacial score (nSPS) is 12.8. The molecular formula is C26H37N3O4. The number of phenolic OH excluding ortho intramolecular Hbond substituents is 1. The van der Waals surface area contributed by atoms with Gasteiger partial charge in [0.25, 0.3) is 0 Å². The van der Waals surface area contributed by atoms with Crippen LogP contribution in [0.5, 0.6) is 5.75 Å². The number of nitrogens with one attached hydrogen (secondary N) is 1. The molecule has 2 amide bonds. The van der Waals surface area contributed by atoms with Gasteiger partial charge in [-0.2, -0.15) is 0 Å². The van der Waals surface area contributed by atoms with Gasteiger partial charge in [0.2, 0.25) is 5.91 Å². The molecule has 33 heavy (non-hydrogen) atoms. The van der Waals surface area contributed by atoms with Crippen molar-refractivity contribution >= 4 is 12.0 Å². The highest BCUT2D eigenvalue weighted by atomic mass is 16.4. The van der Waals surface area contributed by atoms with Gasteiger partial charge >= 0.3 is 6.09 Å². The highest BCUT2D eigenvalue weighted by Gasteiger charge is 2.39. The number of carbonyl (C=O) groups is 2. The summed E-state index contributed by atoms with van der Waals surface area (Å²) in [5, 5.41) is 23.0. The minimum atomic E-state index is -1.16. The molecule has 0 aliphatic heterocycles. The number of hydrogen-bond acceptors (Lipinski definition) is 4. The van der Waals surface area contributed by atoms with Crippen molar-refractivity contribution in [2.75, 3.05) is 6.54 Å². The van der Waals surface area contributed by atoms with Gasteiger partial charge in [-0.25, -0.2) is 4.79 Å². The standard InChI is InChI=1S/C26H37N3O4/c1-16-12-19(30)13-17(2)22(16)20-11-9-8-10-18(20)14-21(23(31)28-26(6,7)15-27)29(24(32)33)25(3,4)5/h8-13,21,30H,14-15,27H2,1-7H3,(H,28,31)(H,32,33)/t21-/m0/s1. The highest BCUT2D eigenvalue weighted by Crippen LogP contribution is 2.34. The number of amides is 2. The lowest BCUT2D eigenvalue weighted by Gasteiger charge is -2.40. The van der Waals surface area contributed by atoms with Crippen LogP contribution in [0.4, 0.5) is 4.79 Å². The van der Waals surface area contributed by atoms with Gasteiger partial charge in [0, 0.05) is 24.0 Å². The maximum Gasteiger partial charge on any atom is 0.408 e. The number of carboxylic acid groups (broad SMARTS) is 1. The van der Waals surface area contributed by atoms with Crippen molar-refractivity contribution in [2.45, 2.75) is 72.0 Å². The second kappa shape index (κ2) is 9.83. The SMILES string of the molecule is Cc1cc(O)cc(C)c1-c1ccccc1C[C@@H](C(=O)NC(C)(C)CN)N(C(=O)O)C(C)(C)C. The van der Waals surface area contributed by atoms with Crippen molar-refractivity contribution in [3.05, 3.63) is 53.1 Å². The number of carbonyl (C=O) groups excluding carboxylic acids is 1. The maximum absolute atomic E-state index is 13.4. The Morgan fingerprint density at radius 1 is 1.06 bits per heavy atom. The molecule has 1 atom stereocenters. The second-order valence-electron chi connectivity index (χ2n) is 10.2. The zero-order valence-electron chi connectivity index (χ0n) is 20.7. The molecule has 0 saturated heterocycles. The molecule has 0 spiro atoms. The van der Waals surface area contributed by atoms with E-state index in [2.05, 4.69) is 5.32 Å². The molecule has 0 heterocycles. The fourth-order valence-electron chi connectivity index (χ4n) is 4.17. The Hall–Kier alpha value is -3.06. The number of benzene rings is 2. The van der Waals surface area contributed by atoms with Crippen LogP contribution < -0.4 is 11.1 Å². The van der Waals surface area contributed by atoms with Gasteiger partial charge in [-0.15, -0.1) is 0 Å². The van der Waals surface area contributed by atoms with Crippen molar-refractivity contribution in [3.8, 4) is 16.9 Å². The van der Waals surface area contributed by atoms with Crippen LogP contribution in [0.3, 0.4) is 0 Å². The molecule has 5 N–H and O–H groups in total. The number of aromatic hydroxyl groups is 1. The van der Waals surface area contributed by atoms with Crippen LogP contribution in [0.2, 0.25) is 0 Å². The van der Waals surface area contributed by atoms with Crippen LogP contribution in [0.25, 0.3) is 11.1 Å². The van der Waals surface area contributed by atoms with Crippen molar-refractivity contribution in [3.63, 3.8) is 0 Å². The zero-order valence-corrected chi connectivity index (χ0v) is 20.7. The molecule has 0 bridgehead atoms. The molecule has 2 aromatic carbocycles. The molecule has 0 radical (unpaired) electrons. The van der Waals surface area contributed by atoms with Gasteiger partial charge in [0.05, 0.1) is 0 Å². The molecule has 2 rings (SSSR count). The lowest BCUT2D eigenvalue weighted by molar-refractivity contribution is -0.129. The summed E-state index contributed by atoms with van der Waals surface area (Å²) in [4.78, 5) is 27.0. The van der Waals surface area contributed by atoms with Crippen molar-refractivity contribution in [1.82, 2.24) is 10.2 Å². The molecule has 0 fully saturated rings. The first-order valence-electron chi connectivity index (χ1n) is 11.1. The third-order valence-electron chi connectivity index (χ3n) is 5.73. The second-order valence-corrected chi connectivity index (χ2v) is 10.2. The molecular weight excluding hydrogens is 418 g/mol. The van der Waals surface area contributed by atoms with E-state index < -0.39 is 29.1 Å². The Labute approximate surface area is 196 Å². The van der Waals surface area contributed by atoms with Gasteiger partial charge in [-0.3, -0.25) is 9.69 Å². The minimum absolute atomic E-state index is 0.186. The minimum Gasteiger partial charge on any atom is -0.508 e. The Kier molecular flexibility index (Phi) is 7.80. The number of hydrogen-bond donors (Lipinski definition) is 4. The van der Waals surface area contributed by atoms with Crippen LogP contribution >= 0.6 is 0 Å². The molecule has 7 heteroatoms. The fraction of sp³-hybridized carbons (Fsp3) is 0.462. The van der Waals surface area contributed by atoms with Gasteiger partial charge in [-0.1, -0.05) is 24.3 Å². The van der Waals surface area contributed by atoms with E-state index in [1.807, 2.05) is 38.1 Å². The van der Waals surface area contributed by atoms with Gasteiger partial charge in [0.1, 0.15) is 11.8 Å². The largest absolute Gasteiger partial charge is 0.508 e. The topological polar surface area (TPSA) is 116 Å². The van der Waals surface area contributed by atoms with E-state index in [-0.39, 0.29) is 18.7 Å². The van der Waals surface area contributed by atoms with E-state index in [9.17, 15) is 19.8 Å². The number of nitrogens with two attached hydrogens (primary N) is 1. The van der Waals surface area contributed by atoms with E-state index >= 15 is 0 Å². The van der Waals surface area contributed by atoms with Crippen molar-refractivity contribution in [1.29, 1.82) is 0 Å². The van der Waals surface area contributed by atoms with Crippen LogP contribution in [-0.2, 0) is 11.2 Å². The first-order valence-corrected chi connectivity index (χ1v) is 11.1. The number of rotatable bonds is 7. The van der Waals surface area contributed by atoms with E-state index in [1.165, 1.54) is 4.90 Å². The summed E-state index contributed by atoms with van der Waals surface area (Å²) >= 11 is 0.